The fraction of sp³-hybridized carbons (Fsp3) is 0.222. The molecular formula is C27H22F5N5O. The average Bonchev–Trinajstić information content (AvgIpc) is 3.53. The average molecular weight is 527 g/mol. The summed E-state index contributed by atoms with van der Waals surface area (Å²) in [7, 11) is 1.51. The van der Waals surface area contributed by atoms with Crippen LogP contribution < -0.4 is 4.74 Å². The van der Waals surface area contributed by atoms with Gasteiger partial charge in [-0.15, -0.1) is 10.2 Å². The first-order chi connectivity index (χ1) is 18.2. The number of hydrogen-bond donors (Lipinski definition) is 0. The van der Waals surface area contributed by atoms with Crippen LogP contribution >= 0.6 is 0 Å². The van der Waals surface area contributed by atoms with E-state index in [1.807, 2.05) is 13.1 Å². The summed E-state index contributed by atoms with van der Waals surface area (Å²) < 4.78 is 78.4. The van der Waals surface area contributed by atoms with Crippen LogP contribution in [0.15, 0.2) is 55.1 Å². The zero-order chi connectivity index (χ0) is 27.1. The summed E-state index contributed by atoms with van der Waals surface area (Å²) in [5.41, 5.74) is 2.50. The molecule has 196 valence electrons. The minimum Gasteiger partial charge on any atom is -0.495 e. The molecule has 3 aromatic rings. The van der Waals surface area contributed by atoms with Gasteiger partial charge in [-0.2, -0.15) is 0 Å². The van der Waals surface area contributed by atoms with Crippen LogP contribution in [0.5, 0.6) is 5.75 Å². The number of alkyl halides is 2. The number of aromatic nitrogens is 5. The SMILES string of the molecule is CCC(c1cc(F)c(F)c(F)c1)n1cc(C(F)F)cc2c(-c3ccc(-n4cnc(C)c4)c(OC)c3)nnc1-2. The summed E-state index contributed by atoms with van der Waals surface area (Å²) >= 11 is 0. The van der Waals surface area contributed by atoms with E-state index < -0.39 is 29.9 Å². The van der Waals surface area contributed by atoms with Gasteiger partial charge in [-0.05, 0) is 49.2 Å². The van der Waals surface area contributed by atoms with Gasteiger partial charge in [-0.3, -0.25) is 0 Å². The smallest absolute Gasteiger partial charge is 0.265 e. The Morgan fingerprint density at radius 2 is 1.68 bits per heavy atom. The van der Waals surface area contributed by atoms with E-state index >= 15 is 0 Å². The molecule has 11 heteroatoms. The molecule has 2 aromatic carbocycles. The van der Waals surface area contributed by atoms with Gasteiger partial charge in [0.1, 0.15) is 11.4 Å². The first-order valence-corrected chi connectivity index (χ1v) is 11.7. The minimum atomic E-state index is -2.84. The number of methoxy groups -OCH3 is 1. The molecule has 1 unspecified atom stereocenters. The second kappa shape index (κ2) is 9.88. The quantitative estimate of drug-likeness (QED) is 0.171. The molecule has 2 aliphatic heterocycles. The van der Waals surface area contributed by atoms with Crippen LogP contribution in [0.25, 0.3) is 28.3 Å². The first kappa shape index (κ1) is 25.4. The van der Waals surface area contributed by atoms with Gasteiger partial charge in [-0.25, -0.2) is 26.9 Å². The van der Waals surface area contributed by atoms with E-state index in [1.54, 1.807) is 36.0 Å². The van der Waals surface area contributed by atoms with Crippen molar-refractivity contribution in [1.29, 1.82) is 0 Å². The number of hydrogen-bond acceptors (Lipinski definition) is 4. The van der Waals surface area contributed by atoms with Crippen LogP contribution in [0.3, 0.4) is 0 Å². The molecule has 0 amide bonds. The largest absolute Gasteiger partial charge is 0.495 e. The molecule has 0 N–H and O–H groups in total. The molecule has 1 aromatic heterocycles. The lowest BCUT2D eigenvalue weighted by atomic mass is 9.99. The van der Waals surface area contributed by atoms with E-state index in [9.17, 15) is 22.0 Å². The number of nitrogens with zero attached hydrogens (tertiary/aromatic N) is 5. The van der Waals surface area contributed by atoms with Gasteiger partial charge >= 0.3 is 0 Å². The number of fused-ring (bicyclic) bond motifs is 1. The molecule has 0 saturated heterocycles. The summed E-state index contributed by atoms with van der Waals surface area (Å²) in [5.74, 6) is -3.60. The van der Waals surface area contributed by atoms with Gasteiger partial charge in [0.2, 0.25) is 0 Å². The molecule has 1 atom stereocenters. The van der Waals surface area contributed by atoms with Crippen LogP contribution in [0.1, 0.15) is 42.6 Å². The molecule has 0 bridgehead atoms. The Hall–Kier alpha value is -4.28. The highest BCUT2D eigenvalue weighted by Crippen LogP contribution is 2.39. The maximum absolute atomic E-state index is 14.0. The van der Waals surface area contributed by atoms with Crippen molar-refractivity contribution in [3.05, 3.63) is 89.4 Å². The lowest BCUT2D eigenvalue weighted by Crippen LogP contribution is -2.15. The van der Waals surface area contributed by atoms with Gasteiger partial charge in [0.15, 0.2) is 23.3 Å². The van der Waals surface area contributed by atoms with Crippen molar-refractivity contribution < 1.29 is 26.7 Å². The molecule has 6 nitrogen and oxygen atoms in total. The van der Waals surface area contributed by atoms with E-state index in [4.69, 9.17) is 4.74 Å². The lowest BCUT2D eigenvalue weighted by molar-refractivity contribution is 0.150. The molecule has 0 radical (unpaired) electrons. The van der Waals surface area contributed by atoms with E-state index in [-0.39, 0.29) is 23.4 Å². The maximum atomic E-state index is 14.0. The monoisotopic (exact) mass is 527 g/mol. The molecule has 5 rings (SSSR count). The fourth-order valence-corrected chi connectivity index (χ4v) is 4.58. The third-order valence-electron chi connectivity index (χ3n) is 6.39. The Morgan fingerprint density at radius 1 is 0.947 bits per heavy atom. The summed E-state index contributed by atoms with van der Waals surface area (Å²) in [5, 5.41) is 8.51. The third-order valence-corrected chi connectivity index (χ3v) is 6.39. The summed E-state index contributed by atoms with van der Waals surface area (Å²) in [6.45, 7) is 3.58. The summed E-state index contributed by atoms with van der Waals surface area (Å²) in [6.07, 6.45) is 2.08. The highest BCUT2D eigenvalue weighted by Gasteiger charge is 2.27. The van der Waals surface area contributed by atoms with Gasteiger partial charge < -0.3 is 13.9 Å². The van der Waals surface area contributed by atoms with Crippen molar-refractivity contribution >= 4 is 0 Å². The number of benzene rings is 2. The van der Waals surface area contributed by atoms with E-state index in [0.717, 1.165) is 23.5 Å². The number of aryl methyl sites for hydroxylation is 1. The second-order valence-corrected chi connectivity index (χ2v) is 8.80. The summed E-state index contributed by atoms with van der Waals surface area (Å²) in [6, 6.07) is 7.47. The van der Waals surface area contributed by atoms with Crippen LogP contribution in [-0.4, -0.2) is 31.4 Å². The fourth-order valence-electron chi connectivity index (χ4n) is 4.58. The second-order valence-electron chi connectivity index (χ2n) is 8.80. The van der Waals surface area contributed by atoms with E-state index in [0.29, 0.717) is 22.6 Å². The number of rotatable bonds is 7. The van der Waals surface area contributed by atoms with Gasteiger partial charge in [0.05, 0.1) is 30.9 Å². The van der Waals surface area contributed by atoms with Crippen LogP contribution in [0.4, 0.5) is 22.0 Å². The topological polar surface area (TPSA) is 57.8 Å². The Morgan fingerprint density at radius 3 is 2.29 bits per heavy atom. The standard InChI is InChI=1S/C27H22F5N5O/c1-4-21(16-8-19(28)24(30)20(29)9-16)37-12-17(26(31)32)7-18-25(34-35-27(18)37)15-5-6-22(23(10-15)38-3)36-11-14(2)33-13-36/h5-13,21,26H,4H2,1-3H3. The van der Waals surface area contributed by atoms with Crippen molar-refractivity contribution in [2.75, 3.05) is 7.11 Å². The highest BCUT2D eigenvalue weighted by molar-refractivity contribution is 5.80. The van der Waals surface area contributed by atoms with E-state index in [1.165, 1.54) is 23.9 Å². The molecule has 3 heterocycles. The third kappa shape index (κ3) is 4.37. The molecule has 0 fully saturated rings. The number of imidazole rings is 1. The molecular weight excluding hydrogens is 505 g/mol. The van der Waals surface area contributed by atoms with Crippen molar-refractivity contribution in [2.45, 2.75) is 32.7 Å². The maximum Gasteiger partial charge on any atom is 0.265 e. The molecule has 38 heavy (non-hydrogen) atoms. The predicted octanol–water partition coefficient (Wildman–Crippen LogP) is 6.91. The Kier molecular flexibility index (Phi) is 6.60. The van der Waals surface area contributed by atoms with Gasteiger partial charge in [0, 0.05) is 29.1 Å². The van der Waals surface area contributed by atoms with Crippen molar-refractivity contribution in [3.63, 3.8) is 0 Å². The Labute approximate surface area is 214 Å². The van der Waals surface area contributed by atoms with Crippen molar-refractivity contribution in [3.8, 4) is 34.1 Å². The highest BCUT2D eigenvalue weighted by atomic mass is 19.3. The number of ether oxygens (including phenoxy) is 1. The van der Waals surface area contributed by atoms with E-state index in [2.05, 4.69) is 15.2 Å². The van der Waals surface area contributed by atoms with Crippen LogP contribution in [-0.2, 0) is 0 Å². The summed E-state index contributed by atoms with van der Waals surface area (Å²) in [4.78, 5) is 4.23. The normalized spacial score (nSPS) is 12.4. The van der Waals surface area contributed by atoms with Crippen LogP contribution in [0.2, 0.25) is 0 Å². The van der Waals surface area contributed by atoms with Crippen molar-refractivity contribution in [2.24, 2.45) is 0 Å². The Balaban J connectivity index is 1.64. The minimum absolute atomic E-state index is 0.0767. The van der Waals surface area contributed by atoms with Gasteiger partial charge in [-0.1, -0.05) is 13.0 Å². The molecule has 0 spiro atoms. The zero-order valence-electron chi connectivity index (χ0n) is 20.6. The Bertz CT molecular complexity index is 1570. The first-order valence-electron chi connectivity index (χ1n) is 11.7. The number of halogens is 5. The molecule has 2 aliphatic rings. The van der Waals surface area contributed by atoms with Crippen LogP contribution in [0, 0.1) is 24.4 Å². The zero-order valence-corrected chi connectivity index (χ0v) is 20.6. The molecule has 0 aliphatic carbocycles. The van der Waals surface area contributed by atoms with Crippen molar-refractivity contribution in [1.82, 2.24) is 24.3 Å². The predicted molar refractivity (Wildman–Crippen MR) is 130 cm³/mol. The lowest BCUT2D eigenvalue weighted by Gasteiger charge is -2.24. The molecule has 0 saturated carbocycles. The number of pyridine rings is 1. The van der Waals surface area contributed by atoms with Gasteiger partial charge in [0.25, 0.3) is 6.43 Å².